The zero-order valence-corrected chi connectivity index (χ0v) is 22.5. The SMILES string of the molecule is c1ccc(-c2cc(-c3ccccc3)nc(-n3c4ccccc4c4c5cc6oc7ccccc7c6cc5ccc43)n2)cc1. The molecular formula is C38H23N3O. The smallest absolute Gasteiger partial charge is 0.235 e. The summed E-state index contributed by atoms with van der Waals surface area (Å²) in [6.45, 7) is 0. The Labute approximate surface area is 241 Å². The van der Waals surface area contributed by atoms with Gasteiger partial charge in [0.1, 0.15) is 11.2 Å². The molecule has 6 aromatic carbocycles. The molecule has 0 aliphatic carbocycles. The zero-order valence-electron chi connectivity index (χ0n) is 22.5. The fraction of sp³-hybridized carbons (Fsp3) is 0. The van der Waals surface area contributed by atoms with Gasteiger partial charge in [0, 0.05) is 32.7 Å². The maximum atomic E-state index is 6.31. The van der Waals surface area contributed by atoms with E-state index in [0.29, 0.717) is 5.95 Å². The van der Waals surface area contributed by atoms with Gasteiger partial charge in [0.25, 0.3) is 0 Å². The number of hydrogen-bond acceptors (Lipinski definition) is 3. The van der Waals surface area contributed by atoms with Gasteiger partial charge < -0.3 is 4.42 Å². The third kappa shape index (κ3) is 3.42. The lowest BCUT2D eigenvalue weighted by atomic mass is 10.0. The quantitative estimate of drug-likeness (QED) is 0.225. The standard InChI is InChI=1S/C38H23N3O/c1-3-11-24(12-4-1)31-23-32(25-13-5-2-6-14-25)40-38(39-31)41-33-17-9-7-16-28(33)37-29-22-36-30(21-26(29)19-20-34(37)41)27-15-8-10-18-35(27)42-36/h1-23H. The molecule has 0 unspecified atom stereocenters. The minimum Gasteiger partial charge on any atom is -0.456 e. The van der Waals surface area contributed by atoms with Gasteiger partial charge in [-0.05, 0) is 47.2 Å². The number of benzene rings is 6. The Morgan fingerprint density at radius 1 is 0.452 bits per heavy atom. The summed E-state index contributed by atoms with van der Waals surface area (Å²) in [6.07, 6.45) is 0. The molecule has 0 spiro atoms. The molecule has 0 saturated heterocycles. The lowest BCUT2D eigenvalue weighted by Crippen LogP contribution is -2.03. The zero-order chi connectivity index (χ0) is 27.6. The fourth-order valence-corrected chi connectivity index (χ4v) is 6.28. The molecular weight excluding hydrogens is 514 g/mol. The van der Waals surface area contributed by atoms with Crippen LogP contribution in [0.5, 0.6) is 0 Å². The molecule has 42 heavy (non-hydrogen) atoms. The van der Waals surface area contributed by atoms with Gasteiger partial charge in [-0.25, -0.2) is 9.97 Å². The molecule has 9 aromatic rings. The number of rotatable bonds is 3. The molecule has 4 nitrogen and oxygen atoms in total. The monoisotopic (exact) mass is 537 g/mol. The molecule has 0 fully saturated rings. The van der Waals surface area contributed by atoms with Crippen molar-refractivity contribution in [1.29, 1.82) is 0 Å². The van der Waals surface area contributed by atoms with E-state index in [1.54, 1.807) is 0 Å². The van der Waals surface area contributed by atoms with Gasteiger partial charge in [0.2, 0.25) is 5.95 Å². The molecule has 0 atom stereocenters. The van der Waals surface area contributed by atoms with Gasteiger partial charge in [-0.15, -0.1) is 0 Å². The number of nitrogens with zero attached hydrogens (tertiary/aromatic N) is 3. The Kier molecular flexibility index (Phi) is 4.87. The van der Waals surface area contributed by atoms with E-state index < -0.39 is 0 Å². The second-order valence-corrected chi connectivity index (χ2v) is 10.7. The lowest BCUT2D eigenvalue weighted by Gasteiger charge is -2.12. The van der Waals surface area contributed by atoms with E-state index >= 15 is 0 Å². The van der Waals surface area contributed by atoms with E-state index in [2.05, 4.69) is 95.6 Å². The highest BCUT2D eigenvalue weighted by Gasteiger charge is 2.19. The Morgan fingerprint density at radius 3 is 1.83 bits per heavy atom. The van der Waals surface area contributed by atoms with Crippen LogP contribution >= 0.6 is 0 Å². The molecule has 0 bridgehead atoms. The van der Waals surface area contributed by atoms with E-state index in [1.165, 1.54) is 10.8 Å². The maximum absolute atomic E-state index is 6.31. The first-order chi connectivity index (χ1) is 20.8. The molecule has 0 amide bonds. The Morgan fingerprint density at radius 2 is 1.10 bits per heavy atom. The number of fused-ring (bicyclic) bond motifs is 8. The summed E-state index contributed by atoms with van der Waals surface area (Å²) < 4.78 is 8.51. The highest BCUT2D eigenvalue weighted by Crippen LogP contribution is 2.40. The third-order valence-corrected chi connectivity index (χ3v) is 8.20. The van der Waals surface area contributed by atoms with Gasteiger partial charge in [0.05, 0.1) is 22.4 Å². The van der Waals surface area contributed by atoms with Crippen LogP contribution in [-0.4, -0.2) is 14.5 Å². The van der Waals surface area contributed by atoms with Crippen molar-refractivity contribution in [2.75, 3.05) is 0 Å². The van der Waals surface area contributed by atoms with Crippen LogP contribution in [0.3, 0.4) is 0 Å². The minimum absolute atomic E-state index is 0.644. The highest BCUT2D eigenvalue weighted by atomic mass is 16.3. The first kappa shape index (κ1) is 23.0. The van der Waals surface area contributed by atoms with Crippen LogP contribution in [-0.2, 0) is 0 Å². The Bertz CT molecular complexity index is 2400. The van der Waals surface area contributed by atoms with Crippen molar-refractivity contribution in [1.82, 2.24) is 14.5 Å². The second kappa shape index (κ2) is 8.88. The Balaban J connectivity index is 1.38. The van der Waals surface area contributed by atoms with Crippen molar-refractivity contribution in [3.8, 4) is 28.5 Å². The highest BCUT2D eigenvalue weighted by molar-refractivity contribution is 6.24. The predicted octanol–water partition coefficient (Wildman–Crippen LogP) is 9.96. The normalized spacial score (nSPS) is 11.8. The van der Waals surface area contributed by atoms with Crippen LogP contribution in [0.15, 0.2) is 144 Å². The summed E-state index contributed by atoms with van der Waals surface area (Å²) in [4.78, 5) is 10.3. The summed E-state index contributed by atoms with van der Waals surface area (Å²) in [5.74, 6) is 0.644. The van der Waals surface area contributed by atoms with E-state index in [4.69, 9.17) is 14.4 Å². The molecule has 0 N–H and O–H groups in total. The van der Waals surface area contributed by atoms with Gasteiger partial charge in [-0.1, -0.05) is 103 Å². The number of aromatic nitrogens is 3. The number of hydrogen-bond donors (Lipinski definition) is 0. The third-order valence-electron chi connectivity index (χ3n) is 8.20. The van der Waals surface area contributed by atoms with Crippen LogP contribution in [0.1, 0.15) is 0 Å². The average molecular weight is 538 g/mol. The van der Waals surface area contributed by atoms with Crippen LogP contribution in [0.4, 0.5) is 0 Å². The van der Waals surface area contributed by atoms with Crippen LogP contribution in [0.2, 0.25) is 0 Å². The molecule has 3 heterocycles. The van der Waals surface area contributed by atoms with Crippen molar-refractivity contribution < 1.29 is 4.42 Å². The molecule has 9 rings (SSSR count). The summed E-state index contributed by atoms with van der Waals surface area (Å²) in [5, 5.41) is 6.91. The van der Waals surface area contributed by atoms with Gasteiger partial charge in [-0.3, -0.25) is 4.57 Å². The average Bonchev–Trinajstić information content (AvgIpc) is 3.60. The van der Waals surface area contributed by atoms with Crippen molar-refractivity contribution >= 4 is 54.5 Å². The van der Waals surface area contributed by atoms with Crippen molar-refractivity contribution in [2.45, 2.75) is 0 Å². The minimum atomic E-state index is 0.644. The number of para-hydroxylation sites is 2. The molecule has 0 saturated carbocycles. The van der Waals surface area contributed by atoms with Gasteiger partial charge in [-0.2, -0.15) is 0 Å². The molecule has 0 radical (unpaired) electrons. The predicted molar refractivity (Wildman–Crippen MR) is 172 cm³/mol. The van der Waals surface area contributed by atoms with Gasteiger partial charge in [0.15, 0.2) is 0 Å². The molecule has 4 heteroatoms. The van der Waals surface area contributed by atoms with Crippen LogP contribution in [0, 0.1) is 0 Å². The van der Waals surface area contributed by atoms with Gasteiger partial charge >= 0.3 is 0 Å². The summed E-state index contributed by atoms with van der Waals surface area (Å²) >= 11 is 0. The fourth-order valence-electron chi connectivity index (χ4n) is 6.28. The number of furan rings is 1. The summed E-state index contributed by atoms with van der Waals surface area (Å²) in [7, 11) is 0. The van der Waals surface area contributed by atoms with Crippen molar-refractivity contribution in [2.24, 2.45) is 0 Å². The maximum Gasteiger partial charge on any atom is 0.235 e. The molecule has 196 valence electrons. The lowest BCUT2D eigenvalue weighted by molar-refractivity contribution is 0.669. The first-order valence-corrected chi connectivity index (χ1v) is 14.1. The molecule has 3 aromatic heterocycles. The van der Waals surface area contributed by atoms with E-state index in [9.17, 15) is 0 Å². The first-order valence-electron chi connectivity index (χ1n) is 14.1. The van der Waals surface area contributed by atoms with Crippen LogP contribution in [0.25, 0.3) is 83.0 Å². The second-order valence-electron chi connectivity index (χ2n) is 10.7. The Hall–Kier alpha value is -5.74. The summed E-state index contributed by atoms with van der Waals surface area (Å²) in [6, 6.07) is 48.3. The van der Waals surface area contributed by atoms with Crippen molar-refractivity contribution in [3.05, 3.63) is 140 Å². The van der Waals surface area contributed by atoms with E-state index in [-0.39, 0.29) is 0 Å². The largest absolute Gasteiger partial charge is 0.456 e. The van der Waals surface area contributed by atoms with Crippen molar-refractivity contribution in [3.63, 3.8) is 0 Å². The van der Waals surface area contributed by atoms with Crippen LogP contribution < -0.4 is 0 Å². The van der Waals surface area contributed by atoms with E-state index in [0.717, 1.165) is 66.3 Å². The summed E-state index contributed by atoms with van der Waals surface area (Å²) in [5.41, 5.74) is 7.79. The topological polar surface area (TPSA) is 43.9 Å². The van der Waals surface area contributed by atoms with E-state index in [1.807, 2.05) is 48.5 Å². The molecule has 0 aliphatic rings. The molecule has 0 aliphatic heterocycles.